The molecule has 0 aromatic heterocycles. The quantitative estimate of drug-likeness (QED) is 0.636. The Balaban J connectivity index is 2.50. The molecule has 1 amide bonds. The molecular formula is C18H26N2O3. The molecule has 0 saturated heterocycles. The van der Waals surface area contributed by atoms with Crippen molar-refractivity contribution in [1.82, 2.24) is 5.32 Å². The molecule has 0 spiro atoms. The minimum absolute atomic E-state index is 0.102. The second-order valence-corrected chi connectivity index (χ2v) is 5.33. The van der Waals surface area contributed by atoms with Crippen LogP contribution in [-0.4, -0.2) is 26.2 Å². The normalized spacial score (nSPS) is 9.96. The molecule has 0 aliphatic heterocycles. The molecule has 5 heteroatoms. The number of rotatable bonds is 11. The molecule has 1 aromatic carbocycles. The summed E-state index contributed by atoms with van der Waals surface area (Å²) in [5.74, 6) is 1.22. The van der Waals surface area contributed by atoms with Crippen LogP contribution in [0.4, 0.5) is 0 Å². The van der Waals surface area contributed by atoms with E-state index in [1.807, 2.05) is 24.3 Å². The molecule has 23 heavy (non-hydrogen) atoms. The molecule has 0 saturated carbocycles. The molecule has 1 N–H and O–H groups in total. The van der Waals surface area contributed by atoms with E-state index < -0.39 is 0 Å². The largest absolute Gasteiger partial charge is 0.493 e. The lowest BCUT2D eigenvalue weighted by Crippen LogP contribution is -2.24. The first kappa shape index (κ1) is 18.8. The number of amides is 1. The average Bonchev–Trinajstić information content (AvgIpc) is 2.55. The highest BCUT2D eigenvalue weighted by molar-refractivity contribution is 5.77. The smallest absolute Gasteiger partial charge is 0.234 e. The van der Waals surface area contributed by atoms with E-state index in [1.54, 1.807) is 7.11 Å². The van der Waals surface area contributed by atoms with Gasteiger partial charge in [-0.3, -0.25) is 4.79 Å². The summed E-state index contributed by atoms with van der Waals surface area (Å²) in [7, 11) is 1.63. The number of benzene rings is 1. The molecule has 1 aromatic rings. The first-order chi connectivity index (χ1) is 11.2. The molecule has 0 aliphatic carbocycles. The second-order valence-electron chi connectivity index (χ2n) is 5.33. The van der Waals surface area contributed by atoms with Gasteiger partial charge in [0.2, 0.25) is 5.91 Å². The van der Waals surface area contributed by atoms with Crippen LogP contribution >= 0.6 is 0 Å². The minimum Gasteiger partial charge on any atom is -0.493 e. The zero-order valence-electron chi connectivity index (χ0n) is 14.1. The van der Waals surface area contributed by atoms with Crippen LogP contribution in [0.3, 0.4) is 0 Å². The summed E-state index contributed by atoms with van der Waals surface area (Å²) in [6.45, 7) is 3.37. The molecule has 0 atom stereocenters. The van der Waals surface area contributed by atoms with Crippen molar-refractivity contribution in [2.24, 2.45) is 0 Å². The van der Waals surface area contributed by atoms with E-state index in [-0.39, 0.29) is 12.3 Å². The fourth-order valence-corrected chi connectivity index (χ4v) is 2.18. The van der Waals surface area contributed by atoms with Gasteiger partial charge >= 0.3 is 0 Å². The van der Waals surface area contributed by atoms with Crippen molar-refractivity contribution in [3.63, 3.8) is 0 Å². The first-order valence-corrected chi connectivity index (χ1v) is 8.14. The summed E-state index contributed by atoms with van der Waals surface area (Å²) in [4.78, 5) is 11.2. The van der Waals surface area contributed by atoms with E-state index >= 15 is 0 Å². The SMILES string of the molecule is CCCCCCOc1cc(CCNC(=O)CC#N)ccc1OC. The van der Waals surface area contributed by atoms with Gasteiger partial charge in [0.15, 0.2) is 11.5 Å². The van der Waals surface area contributed by atoms with E-state index in [9.17, 15) is 4.79 Å². The summed E-state index contributed by atoms with van der Waals surface area (Å²) in [5.41, 5.74) is 1.06. The number of nitriles is 1. The van der Waals surface area contributed by atoms with Crippen LogP contribution in [0.25, 0.3) is 0 Å². The van der Waals surface area contributed by atoms with Gasteiger partial charge in [-0.2, -0.15) is 5.26 Å². The summed E-state index contributed by atoms with van der Waals surface area (Å²) in [6, 6.07) is 7.62. The summed E-state index contributed by atoms with van der Waals surface area (Å²) in [6.07, 6.45) is 5.22. The van der Waals surface area contributed by atoms with Crippen molar-refractivity contribution in [3.8, 4) is 17.6 Å². The van der Waals surface area contributed by atoms with Gasteiger partial charge in [0.25, 0.3) is 0 Å². The van der Waals surface area contributed by atoms with E-state index in [0.29, 0.717) is 19.6 Å². The number of hydrogen-bond donors (Lipinski definition) is 1. The van der Waals surface area contributed by atoms with Crippen LogP contribution in [0.2, 0.25) is 0 Å². The molecule has 5 nitrogen and oxygen atoms in total. The highest BCUT2D eigenvalue weighted by atomic mass is 16.5. The lowest BCUT2D eigenvalue weighted by molar-refractivity contribution is -0.120. The third kappa shape index (κ3) is 7.55. The number of ether oxygens (including phenoxy) is 2. The van der Waals surface area contributed by atoms with Crippen LogP contribution in [-0.2, 0) is 11.2 Å². The lowest BCUT2D eigenvalue weighted by Gasteiger charge is -2.12. The van der Waals surface area contributed by atoms with Crippen molar-refractivity contribution in [1.29, 1.82) is 5.26 Å². The summed E-state index contributed by atoms with van der Waals surface area (Å²) < 4.78 is 11.1. The molecule has 0 fully saturated rings. The number of carbonyl (C=O) groups is 1. The molecule has 0 radical (unpaired) electrons. The Labute approximate surface area is 138 Å². The number of unbranched alkanes of at least 4 members (excludes halogenated alkanes) is 3. The molecule has 0 aliphatic rings. The third-order valence-corrected chi connectivity index (χ3v) is 3.46. The van der Waals surface area contributed by atoms with Gasteiger partial charge in [-0.25, -0.2) is 0 Å². The van der Waals surface area contributed by atoms with Gasteiger partial charge in [-0.05, 0) is 30.5 Å². The maximum absolute atomic E-state index is 11.2. The molecule has 0 unspecified atom stereocenters. The monoisotopic (exact) mass is 318 g/mol. The molecule has 1 rings (SSSR count). The maximum Gasteiger partial charge on any atom is 0.234 e. The Morgan fingerprint density at radius 2 is 2.09 bits per heavy atom. The maximum atomic E-state index is 11.2. The van der Waals surface area contributed by atoms with Crippen LogP contribution in [0.1, 0.15) is 44.6 Å². The second kappa shape index (κ2) is 11.4. The van der Waals surface area contributed by atoms with Crippen LogP contribution < -0.4 is 14.8 Å². The minimum atomic E-state index is -0.242. The van der Waals surface area contributed by atoms with Gasteiger partial charge < -0.3 is 14.8 Å². The Morgan fingerprint density at radius 1 is 1.26 bits per heavy atom. The van der Waals surface area contributed by atoms with Crippen molar-refractivity contribution >= 4 is 5.91 Å². The fourth-order valence-electron chi connectivity index (χ4n) is 2.18. The zero-order valence-corrected chi connectivity index (χ0v) is 14.1. The predicted octanol–water partition coefficient (Wildman–Crippen LogP) is 3.23. The van der Waals surface area contributed by atoms with Crippen LogP contribution in [0, 0.1) is 11.3 Å². The van der Waals surface area contributed by atoms with Crippen LogP contribution in [0.15, 0.2) is 18.2 Å². The van der Waals surface area contributed by atoms with E-state index in [1.165, 1.54) is 19.3 Å². The van der Waals surface area contributed by atoms with Gasteiger partial charge in [0.05, 0.1) is 19.8 Å². The Hall–Kier alpha value is -2.22. The Bertz CT molecular complexity index is 523. The Morgan fingerprint density at radius 3 is 2.78 bits per heavy atom. The third-order valence-electron chi connectivity index (χ3n) is 3.46. The van der Waals surface area contributed by atoms with E-state index in [4.69, 9.17) is 14.7 Å². The number of hydrogen-bond acceptors (Lipinski definition) is 4. The molecular weight excluding hydrogens is 292 g/mol. The fraction of sp³-hybridized carbons (Fsp3) is 0.556. The van der Waals surface area contributed by atoms with Crippen molar-refractivity contribution < 1.29 is 14.3 Å². The molecule has 0 bridgehead atoms. The highest BCUT2D eigenvalue weighted by Gasteiger charge is 2.06. The Kier molecular flexibility index (Phi) is 9.30. The van der Waals surface area contributed by atoms with E-state index in [0.717, 1.165) is 23.5 Å². The van der Waals surface area contributed by atoms with Gasteiger partial charge in [0.1, 0.15) is 6.42 Å². The highest BCUT2D eigenvalue weighted by Crippen LogP contribution is 2.28. The standard InChI is InChI=1S/C18H26N2O3/c1-3-4-5-6-13-23-17-14-15(7-8-16(17)22-2)10-12-20-18(21)9-11-19/h7-8,14H,3-6,9-10,12-13H2,1-2H3,(H,20,21). The summed E-state index contributed by atoms with van der Waals surface area (Å²) >= 11 is 0. The zero-order chi connectivity index (χ0) is 16.9. The predicted molar refractivity (Wildman–Crippen MR) is 89.6 cm³/mol. The first-order valence-electron chi connectivity index (χ1n) is 8.14. The van der Waals surface area contributed by atoms with Crippen LogP contribution in [0.5, 0.6) is 11.5 Å². The van der Waals surface area contributed by atoms with Gasteiger partial charge in [0, 0.05) is 6.54 Å². The number of nitrogens with zero attached hydrogens (tertiary/aromatic N) is 1. The number of methoxy groups -OCH3 is 1. The van der Waals surface area contributed by atoms with Gasteiger partial charge in [-0.1, -0.05) is 32.3 Å². The van der Waals surface area contributed by atoms with Crippen molar-refractivity contribution in [3.05, 3.63) is 23.8 Å². The van der Waals surface area contributed by atoms with Crippen molar-refractivity contribution in [2.75, 3.05) is 20.3 Å². The van der Waals surface area contributed by atoms with Gasteiger partial charge in [-0.15, -0.1) is 0 Å². The number of nitrogens with one attached hydrogen (secondary N) is 1. The molecule has 126 valence electrons. The molecule has 0 heterocycles. The summed E-state index contributed by atoms with van der Waals surface area (Å²) in [5, 5.41) is 11.2. The van der Waals surface area contributed by atoms with Crippen molar-refractivity contribution in [2.45, 2.75) is 45.4 Å². The van der Waals surface area contributed by atoms with E-state index in [2.05, 4.69) is 12.2 Å². The average molecular weight is 318 g/mol. The topological polar surface area (TPSA) is 71.3 Å². The lowest BCUT2D eigenvalue weighted by atomic mass is 10.1. The number of carbonyl (C=O) groups excluding carboxylic acids is 1.